The number of aromatic nitrogens is 2. The van der Waals surface area contributed by atoms with E-state index in [9.17, 15) is 0 Å². The van der Waals surface area contributed by atoms with Crippen LogP contribution in [0.25, 0.3) is 0 Å². The third-order valence-corrected chi connectivity index (χ3v) is 3.83. The summed E-state index contributed by atoms with van der Waals surface area (Å²) >= 11 is 4.80. The first-order valence-corrected chi connectivity index (χ1v) is 7.21. The first-order valence-electron chi connectivity index (χ1n) is 5.60. The Labute approximate surface area is 124 Å². The van der Waals surface area contributed by atoms with E-state index in [0.29, 0.717) is 10.7 Å². The summed E-state index contributed by atoms with van der Waals surface area (Å²) in [4.78, 5) is 9.64. The molecule has 1 aromatic carbocycles. The van der Waals surface area contributed by atoms with Gasteiger partial charge in [-0.2, -0.15) is 0 Å². The molecule has 0 saturated heterocycles. The van der Waals surface area contributed by atoms with Crippen LogP contribution in [0.3, 0.4) is 0 Å². The largest absolute Gasteiger partial charge is 0.384 e. The van der Waals surface area contributed by atoms with E-state index in [0.717, 1.165) is 20.8 Å². The Hall–Kier alpha value is -1.40. The van der Waals surface area contributed by atoms with Gasteiger partial charge in [0.1, 0.15) is 5.84 Å². The molecule has 1 aromatic heterocycles. The number of benzene rings is 1. The van der Waals surface area contributed by atoms with Crippen LogP contribution in [-0.4, -0.2) is 15.8 Å². The van der Waals surface area contributed by atoms with Crippen LogP contribution in [0.2, 0.25) is 0 Å². The second-order valence-electron chi connectivity index (χ2n) is 4.09. The number of hydrogen-bond donors (Lipinski definition) is 2. The summed E-state index contributed by atoms with van der Waals surface area (Å²) in [6.45, 7) is 3.87. The molecule has 0 unspecified atom stereocenters. The van der Waals surface area contributed by atoms with E-state index < -0.39 is 0 Å². The first kappa shape index (κ1) is 14.0. The van der Waals surface area contributed by atoms with Gasteiger partial charge in [0, 0.05) is 26.3 Å². The monoisotopic (exact) mass is 336 g/mol. The summed E-state index contributed by atoms with van der Waals surface area (Å²) in [5.41, 5.74) is 8.14. The highest BCUT2D eigenvalue weighted by Gasteiger charge is 2.10. The fourth-order valence-electron chi connectivity index (χ4n) is 1.64. The molecule has 0 aliphatic rings. The van der Waals surface area contributed by atoms with E-state index in [2.05, 4.69) is 25.9 Å². The maximum atomic E-state index is 7.63. The summed E-state index contributed by atoms with van der Waals surface area (Å²) in [5.74, 6) is 0.0353. The first-order chi connectivity index (χ1) is 8.95. The van der Waals surface area contributed by atoms with Gasteiger partial charge in [-0.15, -0.1) is 0 Å². The highest BCUT2D eigenvalue weighted by Crippen LogP contribution is 2.30. The lowest BCUT2D eigenvalue weighted by Gasteiger charge is -2.08. The number of nitrogens with one attached hydrogen (secondary N) is 1. The molecule has 0 bridgehead atoms. The van der Waals surface area contributed by atoms with Gasteiger partial charge in [0.2, 0.25) is 0 Å². The molecule has 0 atom stereocenters. The molecule has 0 fully saturated rings. The van der Waals surface area contributed by atoms with Gasteiger partial charge in [0.05, 0.1) is 0 Å². The van der Waals surface area contributed by atoms with Crippen LogP contribution < -0.4 is 5.73 Å². The molecule has 0 saturated carbocycles. The van der Waals surface area contributed by atoms with Gasteiger partial charge in [-0.05, 0) is 49.9 Å². The van der Waals surface area contributed by atoms with Crippen LogP contribution in [-0.2, 0) is 0 Å². The van der Waals surface area contributed by atoms with Crippen LogP contribution in [0.15, 0.2) is 38.8 Å². The molecule has 98 valence electrons. The average Bonchev–Trinajstić information content (AvgIpc) is 2.30. The predicted octanol–water partition coefficient (Wildman–Crippen LogP) is 3.29. The summed E-state index contributed by atoms with van der Waals surface area (Å²) in [5, 5.41) is 8.29. The number of aryl methyl sites for hydroxylation is 2. The summed E-state index contributed by atoms with van der Waals surface area (Å²) in [7, 11) is 0. The van der Waals surface area contributed by atoms with Gasteiger partial charge < -0.3 is 5.73 Å². The van der Waals surface area contributed by atoms with Crippen molar-refractivity contribution in [3.05, 3.63) is 45.7 Å². The van der Waals surface area contributed by atoms with Crippen molar-refractivity contribution in [3.63, 3.8) is 0 Å². The quantitative estimate of drug-likeness (QED) is 0.512. The van der Waals surface area contributed by atoms with Crippen molar-refractivity contribution in [3.8, 4) is 0 Å². The molecular formula is C13H13BrN4S. The number of nitrogens with zero attached hydrogens (tertiary/aromatic N) is 2. The molecule has 0 spiro atoms. The highest BCUT2D eigenvalue weighted by atomic mass is 79.9. The molecule has 2 rings (SSSR count). The van der Waals surface area contributed by atoms with E-state index in [1.165, 1.54) is 11.8 Å². The van der Waals surface area contributed by atoms with Crippen molar-refractivity contribution >= 4 is 33.5 Å². The van der Waals surface area contributed by atoms with Gasteiger partial charge in [-0.1, -0.05) is 15.9 Å². The summed E-state index contributed by atoms with van der Waals surface area (Å²) < 4.78 is 0.892. The van der Waals surface area contributed by atoms with Crippen LogP contribution >= 0.6 is 27.7 Å². The molecule has 1 heterocycles. The van der Waals surface area contributed by atoms with Crippen molar-refractivity contribution in [2.45, 2.75) is 23.9 Å². The maximum Gasteiger partial charge on any atom is 0.192 e. The fourth-order valence-corrected chi connectivity index (χ4v) is 2.99. The Kier molecular flexibility index (Phi) is 4.21. The zero-order chi connectivity index (χ0) is 14.0. The minimum absolute atomic E-state index is 0.0353. The molecule has 3 N–H and O–H groups in total. The lowest BCUT2D eigenvalue weighted by atomic mass is 10.2. The summed E-state index contributed by atoms with van der Waals surface area (Å²) in [6.07, 6.45) is 0. The van der Waals surface area contributed by atoms with Crippen LogP contribution in [0.1, 0.15) is 17.0 Å². The molecule has 0 radical (unpaired) electrons. The van der Waals surface area contributed by atoms with Gasteiger partial charge in [-0.3, -0.25) is 5.41 Å². The normalized spacial score (nSPS) is 10.5. The topological polar surface area (TPSA) is 75.7 Å². The highest BCUT2D eigenvalue weighted by molar-refractivity contribution is 9.10. The Morgan fingerprint density at radius 1 is 1.21 bits per heavy atom. The van der Waals surface area contributed by atoms with E-state index in [1.807, 2.05) is 38.1 Å². The summed E-state index contributed by atoms with van der Waals surface area (Å²) in [6, 6.07) is 7.58. The van der Waals surface area contributed by atoms with Gasteiger partial charge in [0.25, 0.3) is 0 Å². The SMILES string of the molecule is Cc1cc(C)nc(Sc2ccc(Br)cc2C(=N)N)n1. The van der Waals surface area contributed by atoms with Crippen molar-refractivity contribution in [1.29, 1.82) is 5.41 Å². The van der Waals surface area contributed by atoms with Crippen molar-refractivity contribution < 1.29 is 0 Å². The Bertz CT molecular complexity index is 622. The Morgan fingerprint density at radius 3 is 2.42 bits per heavy atom. The molecular weight excluding hydrogens is 324 g/mol. The molecule has 6 heteroatoms. The number of hydrogen-bond acceptors (Lipinski definition) is 4. The van der Waals surface area contributed by atoms with Crippen LogP contribution in [0, 0.1) is 19.3 Å². The smallest absolute Gasteiger partial charge is 0.192 e. The van der Waals surface area contributed by atoms with E-state index in [-0.39, 0.29) is 5.84 Å². The third kappa shape index (κ3) is 3.54. The Balaban J connectivity index is 2.40. The average molecular weight is 337 g/mol. The second kappa shape index (κ2) is 5.71. The van der Waals surface area contributed by atoms with Crippen LogP contribution in [0.4, 0.5) is 0 Å². The number of nitrogen functional groups attached to an aromatic ring is 1. The zero-order valence-corrected chi connectivity index (χ0v) is 13.0. The Morgan fingerprint density at radius 2 is 1.84 bits per heavy atom. The molecule has 0 amide bonds. The molecule has 19 heavy (non-hydrogen) atoms. The van der Waals surface area contributed by atoms with Crippen molar-refractivity contribution in [2.24, 2.45) is 5.73 Å². The molecule has 4 nitrogen and oxygen atoms in total. The third-order valence-electron chi connectivity index (χ3n) is 2.39. The van der Waals surface area contributed by atoms with Crippen molar-refractivity contribution in [1.82, 2.24) is 9.97 Å². The lowest BCUT2D eigenvalue weighted by Crippen LogP contribution is -2.12. The minimum atomic E-state index is 0.0353. The van der Waals surface area contributed by atoms with Crippen LogP contribution in [0.5, 0.6) is 0 Å². The van der Waals surface area contributed by atoms with Gasteiger partial charge in [-0.25, -0.2) is 9.97 Å². The van der Waals surface area contributed by atoms with Gasteiger partial charge >= 0.3 is 0 Å². The minimum Gasteiger partial charge on any atom is -0.384 e. The predicted molar refractivity (Wildman–Crippen MR) is 80.8 cm³/mol. The molecule has 2 aromatic rings. The molecule has 0 aliphatic carbocycles. The maximum absolute atomic E-state index is 7.63. The number of rotatable bonds is 3. The van der Waals surface area contributed by atoms with E-state index in [4.69, 9.17) is 11.1 Å². The van der Waals surface area contributed by atoms with E-state index in [1.54, 1.807) is 0 Å². The van der Waals surface area contributed by atoms with Crippen molar-refractivity contribution in [2.75, 3.05) is 0 Å². The number of nitrogens with two attached hydrogens (primary N) is 1. The standard InChI is InChI=1S/C13H13BrN4S/c1-7-5-8(2)18-13(17-7)19-11-4-3-9(14)6-10(11)12(15)16/h3-6H,1-2H3,(H3,15,16). The van der Waals surface area contributed by atoms with Gasteiger partial charge in [0.15, 0.2) is 5.16 Å². The second-order valence-corrected chi connectivity index (χ2v) is 6.01. The number of halogens is 1. The zero-order valence-electron chi connectivity index (χ0n) is 10.6. The lowest BCUT2D eigenvalue weighted by molar-refractivity contribution is 0.902. The van der Waals surface area contributed by atoms with E-state index >= 15 is 0 Å². The number of amidine groups is 1. The molecule has 0 aliphatic heterocycles. The fraction of sp³-hybridized carbons (Fsp3) is 0.154.